The molecular formula is C36H44N6O5. The zero-order valence-electron chi connectivity index (χ0n) is 28.0. The number of para-hydroxylation sites is 1. The number of aromatic nitrogens is 2. The number of methoxy groups -OCH3 is 2. The molecule has 0 saturated heterocycles. The number of nitrogens with zero attached hydrogens (tertiary/aromatic N) is 4. The number of nitrogens with one attached hydrogen (secondary N) is 2. The average molecular weight is 641 g/mol. The van der Waals surface area contributed by atoms with Gasteiger partial charge in [-0.1, -0.05) is 31.0 Å². The molecule has 4 rings (SSSR count). The first-order chi connectivity index (χ1) is 22.7. The Bertz CT molecular complexity index is 1620. The highest BCUT2D eigenvalue weighted by molar-refractivity contribution is 5.98. The predicted molar refractivity (Wildman–Crippen MR) is 185 cm³/mol. The minimum absolute atomic E-state index is 0.116. The molecule has 2 N–H and O–H groups in total. The zero-order valence-corrected chi connectivity index (χ0v) is 28.0. The van der Waals surface area contributed by atoms with Gasteiger partial charge >= 0.3 is 6.09 Å². The fourth-order valence-electron chi connectivity index (χ4n) is 4.96. The topological polar surface area (TPSA) is 118 Å². The summed E-state index contributed by atoms with van der Waals surface area (Å²) in [5.74, 6) is 1.79. The number of rotatable bonds is 15. The highest BCUT2D eigenvalue weighted by atomic mass is 16.6. The van der Waals surface area contributed by atoms with E-state index in [0.717, 1.165) is 43.4 Å². The van der Waals surface area contributed by atoms with Crippen LogP contribution in [-0.4, -0.2) is 68.3 Å². The normalized spacial score (nSPS) is 10.8. The summed E-state index contributed by atoms with van der Waals surface area (Å²) in [7, 11) is 7.22. The first-order valence-corrected chi connectivity index (χ1v) is 15.6. The highest BCUT2D eigenvalue weighted by Crippen LogP contribution is 2.37. The van der Waals surface area contributed by atoms with Crippen LogP contribution < -0.4 is 29.7 Å². The molecule has 0 fully saturated rings. The molecule has 0 radical (unpaired) electrons. The summed E-state index contributed by atoms with van der Waals surface area (Å²) in [6, 6.07) is 19.4. The van der Waals surface area contributed by atoms with Crippen LogP contribution in [0.2, 0.25) is 0 Å². The first-order valence-electron chi connectivity index (χ1n) is 15.6. The standard InChI is InChI=1S/C36H44N6O5/c1-25-12-11-13-26(2)33(25)47-36(44)42(30-19-18-29(45-5)24-31(30)46-6)32-20-22-38-35(40-32)39-28-16-14-27(15-17-28)34(43)37-21-9-7-8-10-23-41(3)4/h11-20,22,24H,7-10,21,23H2,1-6H3,(H,37,43)(H,38,39,40). The Balaban J connectivity index is 1.50. The molecule has 0 unspecified atom stereocenters. The van der Waals surface area contributed by atoms with Gasteiger partial charge in [0.25, 0.3) is 5.91 Å². The first kappa shape index (κ1) is 34.7. The minimum atomic E-state index is -0.681. The monoisotopic (exact) mass is 640 g/mol. The van der Waals surface area contributed by atoms with Crippen LogP contribution >= 0.6 is 0 Å². The van der Waals surface area contributed by atoms with Crippen molar-refractivity contribution in [2.45, 2.75) is 39.5 Å². The number of amides is 2. The Kier molecular flexibility index (Phi) is 12.5. The molecule has 0 aliphatic carbocycles. The van der Waals surface area contributed by atoms with Gasteiger partial charge in [-0.25, -0.2) is 14.7 Å². The van der Waals surface area contributed by atoms with Crippen LogP contribution in [0.5, 0.6) is 17.2 Å². The number of hydrogen-bond donors (Lipinski definition) is 2. The number of anilines is 4. The predicted octanol–water partition coefficient (Wildman–Crippen LogP) is 7.04. The molecule has 0 atom stereocenters. The summed E-state index contributed by atoms with van der Waals surface area (Å²) in [4.78, 5) is 39.0. The van der Waals surface area contributed by atoms with Gasteiger partial charge in [0.1, 0.15) is 23.1 Å². The summed E-state index contributed by atoms with van der Waals surface area (Å²) >= 11 is 0. The van der Waals surface area contributed by atoms with Crippen molar-refractivity contribution in [3.8, 4) is 17.2 Å². The van der Waals surface area contributed by atoms with Crippen LogP contribution in [0.15, 0.2) is 72.9 Å². The minimum Gasteiger partial charge on any atom is -0.497 e. The van der Waals surface area contributed by atoms with Crippen molar-refractivity contribution in [2.24, 2.45) is 0 Å². The van der Waals surface area contributed by atoms with Gasteiger partial charge in [-0.05, 0) is 94.9 Å². The number of benzene rings is 3. The summed E-state index contributed by atoms with van der Waals surface area (Å²) in [5, 5.41) is 6.16. The Morgan fingerprint density at radius 2 is 1.57 bits per heavy atom. The van der Waals surface area contributed by atoms with Crippen molar-refractivity contribution in [3.63, 3.8) is 0 Å². The van der Waals surface area contributed by atoms with Gasteiger partial charge in [-0.15, -0.1) is 0 Å². The molecule has 2 amide bonds. The summed E-state index contributed by atoms with van der Waals surface area (Å²) in [6.45, 7) is 5.48. The molecule has 0 bridgehead atoms. The quantitative estimate of drug-likeness (QED) is 0.132. The smallest absolute Gasteiger partial charge is 0.425 e. The van der Waals surface area contributed by atoms with E-state index in [1.54, 1.807) is 61.8 Å². The molecule has 4 aromatic rings. The second-order valence-electron chi connectivity index (χ2n) is 11.4. The largest absolute Gasteiger partial charge is 0.497 e. The van der Waals surface area contributed by atoms with E-state index in [-0.39, 0.29) is 17.7 Å². The van der Waals surface area contributed by atoms with Gasteiger partial charge in [0.2, 0.25) is 5.95 Å². The van der Waals surface area contributed by atoms with E-state index in [4.69, 9.17) is 14.2 Å². The number of hydrogen-bond acceptors (Lipinski definition) is 9. The Morgan fingerprint density at radius 3 is 2.26 bits per heavy atom. The van der Waals surface area contributed by atoms with E-state index >= 15 is 0 Å². The van der Waals surface area contributed by atoms with Crippen molar-refractivity contribution >= 4 is 35.1 Å². The van der Waals surface area contributed by atoms with Crippen LogP contribution in [-0.2, 0) is 0 Å². The summed E-state index contributed by atoms with van der Waals surface area (Å²) in [6.07, 6.45) is 5.21. The Morgan fingerprint density at radius 1 is 0.851 bits per heavy atom. The maximum Gasteiger partial charge on any atom is 0.425 e. The second kappa shape index (κ2) is 17.0. The van der Waals surface area contributed by atoms with Crippen molar-refractivity contribution < 1.29 is 23.8 Å². The maximum atomic E-state index is 13.9. The number of aryl methyl sites for hydroxylation is 2. The number of carbonyl (C=O) groups is 2. The lowest BCUT2D eigenvalue weighted by atomic mass is 10.1. The van der Waals surface area contributed by atoms with Gasteiger partial charge in [0.15, 0.2) is 0 Å². The second-order valence-corrected chi connectivity index (χ2v) is 11.4. The molecule has 248 valence electrons. The zero-order chi connectivity index (χ0) is 33.8. The third-order valence-corrected chi connectivity index (χ3v) is 7.50. The lowest BCUT2D eigenvalue weighted by Gasteiger charge is -2.24. The molecule has 1 aromatic heterocycles. The summed E-state index contributed by atoms with van der Waals surface area (Å²) in [5.41, 5.74) is 3.27. The van der Waals surface area contributed by atoms with Crippen LogP contribution in [0.1, 0.15) is 47.2 Å². The maximum absolute atomic E-state index is 13.9. The molecule has 11 heteroatoms. The van der Waals surface area contributed by atoms with E-state index in [1.165, 1.54) is 12.0 Å². The van der Waals surface area contributed by atoms with Crippen molar-refractivity contribution in [1.29, 1.82) is 0 Å². The molecule has 1 heterocycles. The van der Waals surface area contributed by atoms with E-state index in [9.17, 15) is 9.59 Å². The van der Waals surface area contributed by atoms with Gasteiger partial charge < -0.3 is 29.7 Å². The van der Waals surface area contributed by atoms with Crippen molar-refractivity contribution in [1.82, 2.24) is 20.2 Å². The van der Waals surface area contributed by atoms with Crippen molar-refractivity contribution in [2.75, 3.05) is 51.6 Å². The Hall–Kier alpha value is -5.16. The molecule has 0 spiro atoms. The lowest BCUT2D eigenvalue weighted by molar-refractivity contribution is 0.0953. The molecule has 0 aliphatic rings. The molecule has 11 nitrogen and oxygen atoms in total. The van der Waals surface area contributed by atoms with Gasteiger partial charge in [-0.3, -0.25) is 4.79 Å². The van der Waals surface area contributed by atoms with Crippen LogP contribution in [0.25, 0.3) is 0 Å². The molecule has 3 aromatic carbocycles. The average Bonchev–Trinajstić information content (AvgIpc) is 3.06. The van der Waals surface area contributed by atoms with Crippen LogP contribution in [0.4, 0.5) is 27.9 Å². The van der Waals surface area contributed by atoms with Crippen molar-refractivity contribution in [3.05, 3.63) is 89.6 Å². The third kappa shape index (κ3) is 9.67. The molecule has 0 saturated carbocycles. The molecule has 0 aliphatic heterocycles. The van der Waals surface area contributed by atoms with E-state index in [2.05, 4.69) is 39.6 Å². The van der Waals surface area contributed by atoms with Crippen LogP contribution in [0, 0.1) is 13.8 Å². The molecule has 47 heavy (non-hydrogen) atoms. The van der Waals surface area contributed by atoms with E-state index < -0.39 is 6.09 Å². The highest BCUT2D eigenvalue weighted by Gasteiger charge is 2.27. The SMILES string of the molecule is COc1ccc(N(C(=O)Oc2c(C)cccc2C)c2ccnc(Nc3ccc(C(=O)NCCCCCCN(C)C)cc3)n2)c(OC)c1. The fraction of sp³-hybridized carbons (Fsp3) is 0.333. The van der Waals surface area contributed by atoms with E-state index in [1.807, 2.05) is 32.0 Å². The number of unbranched alkanes of at least 4 members (excludes halogenated alkanes) is 3. The lowest BCUT2D eigenvalue weighted by Crippen LogP contribution is -2.31. The summed E-state index contributed by atoms with van der Waals surface area (Å²) < 4.78 is 16.9. The van der Waals surface area contributed by atoms with E-state index in [0.29, 0.717) is 40.7 Å². The number of ether oxygens (including phenoxy) is 3. The van der Waals surface area contributed by atoms with Gasteiger partial charge in [0, 0.05) is 36.1 Å². The van der Waals surface area contributed by atoms with Gasteiger partial charge in [0.05, 0.1) is 19.9 Å². The number of carbonyl (C=O) groups excluding carboxylic acids is 2. The molecular weight excluding hydrogens is 596 g/mol. The third-order valence-electron chi connectivity index (χ3n) is 7.50. The van der Waals surface area contributed by atoms with Gasteiger partial charge in [-0.2, -0.15) is 4.98 Å². The van der Waals surface area contributed by atoms with Crippen LogP contribution in [0.3, 0.4) is 0 Å². The fourth-order valence-corrected chi connectivity index (χ4v) is 4.96. The Labute approximate surface area is 276 Å².